The van der Waals surface area contributed by atoms with Crippen molar-refractivity contribution in [1.29, 1.82) is 0 Å². The normalized spacial score (nSPS) is 10.3. The number of carbonyl (C=O) groups excluding carboxylic acids is 1. The summed E-state index contributed by atoms with van der Waals surface area (Å²) in [6.07, 6.45) is 3.05. The first-order valence-electron chi connectivity index (χ1n) is 6.21. The summed E-state index contributed by atoms with van der Waals surface area (Å²) in [7, 11) is 0. The average molecular weight is 272 g/mol. The van der Waals surface area contributed by atoms with Crippen LogP contribution in [0.5, 0.6) is 5.75 Å². The van der Waals surface area contributed by atoms with Crippen molar-refractivity contribution in [2.75, 3.05) is 11.9 Å². The third kappa shape index (κ3) is 6.59. The molecule has 4 nitrogen and oxygen atoms in total. The molecule has 106 valence electrons. The van der Waals surface area contributed by atoms with E-state index in [-0.39, 0.29) is 11.8 Å². The lowest BCUT2D eigenvalue weighted by molar-refractivity contribution is -0.0497. The molecule has 0 spiro atoms. The highest BCUT2D eigenvalue weighted by atomic mass is 19.3. The smallest absolute Gasteiger partial charge is 0.387 e. The molecule has 0 radical (unpaired) electrons. The second-order valence-electron chi connectivity index (χ2n) is 3.99. The van der Waals surface area contributed by atoms with Crippen molar-refractivity contribution in [3.8, 4) is 5.75 Å². The number of ether oxygens (including phenoxy) is 1. The van der Waals surface area contributed by atoms with Crippen molar-refractivity contribution in [2.45, 2.75) is 32.8 Å². The minimum Gasteiger partial charge on any atom is -0.435 e. The van der Waals surface area contributed by atoms with Gasteiger partial charge in [-0.3, -0.25) is 0 Å². The molecule has 0 bridgehead atoms. The summed E-state index contributed by atoms with van der Waals surface area (Å²) in [5.41, 5.74) is 0.408. The second-order valence-corrected chi connectivity index (χ2v) is 3.99. The van der Waals surface area contributed by atoms with Crippen LogP contribution in [-0.2, 0) is 0 Å². The van der Waals surface area contributed by atoms with Gasteiger partial charge in [-0.2, -0.15) is 8.78 Å². The Balaban J connectivity index is 2.41. The molecule has 6 heteroatoms. The molecule has 0 aromatic heterocycles. The number of amides is 2. The average Bonchev–Trinajstić information content (AvgIpc) is 2.34. The Bertz CT molecular complexity index is 400. The molecular weight excluding hydrogens is 254 g/mol. The summed E-state index contributed by atoms with van der Waals surface area (Å²) in [5.74, 6) is 0.0128. The van der Waals surface area contributed by atoms with Gasteiger partial charge in [0.2, 0.25) is 0 Å². The van der Waals surface area contributed by atoms with Crippen LogP contribution in [0.25, 0.3) is 0 Å². The van der Waals surface area contributed by atoms with E-state index in [2.05, 4.69) is 22.3 Å². The third-order valence-corrected chi connectivity index (χ3v) is 2.38. The van der Waals surface area contributed by atoms with Crippen molar-refractivity contribution in [1.82, 2.24) is 5.32 Å². The number of halogens is 2. The molecule has 0 aliphatic carbocycles. The lowest BCUT2D eigenvalue weighted by atomic mass is 10.2. The number of carbonyl (C=O) groups is 1. The minimum absolute atomic E-state index is 0.0128. The lowest BCUT2D eigenvalue weighted by Crippen LogP contribution is -2.29. The van der Waals surface area contributed by atoms with Crippen LogP contribution in [-0.4, -0.2) is 19.2 Å². The lowest BCUT2D eigenvalue weighted by Gasteiger charge is -2.09. The molecule has 1 aromatic carbocycles. The van der Waals surface area contributed by atoms with Gasteiger partial charge >= 0.3 is 12.6 Å². The number of benzene rings is 1. The third-order valence-electron chi connectivity index (χ3n) is 2.38. The molecule has 1 rings (SSSR count). The Morgan fingerprint density at radius 2 is 2.16 bits per heavy atom. The summed E-state index contributed by atoms with van der Waals surface area (Å²) >= 11 is 0. The fraction of sp³-hybridized carbons (Fsp3) is 0.462. The van der Waals surface area contributed by atoms with Crippen LogP contribution in [0, 0.1) is 0 Å². The number of nitrogens with one attached hydrogen (secondary N) is 2. The van der Waals surface area contributed by atoms with E-state index in [1.54, 1.807) is 6.07 Å². The van der Waals surface area contributed by atoms with E-state index in [0.717, 1.165) is 19.3 Å². The monoisotopic (exact) mass is 272 g/mol. The molecular formula is C13H18F2N2O2. The van der Waals surface area contributed by atoms with Crippen LogP contribution < -0.4 is 15.4 Å². The molecule has 0 saturated carbocycles. The number of anilines is 1. The molecule has 0 atom stereocenters. The van der Waals surface area contributed by atoms with Gasteiger partial charge in [-0.15, -0.1) is 0 Å². The van der Waals surface area contributed by atoms with Gasteiger partial charge in [0.05, 0.1) is 0 Å². The summed E-state index contributed by atoms with van der Waals surface area (Å²) in [4.78, 5) is 11.5. The van der Waals surface area contributed by atoms with Gasteiger partial charge in [-0.25, -0.2) is 4.79 Å². The van der Waals surface area contributed by atoms with Crippen LogP contribution in [0.1, 0.15) is 26.2 Å². The maximum Gasteiger partial charge on any atom is 0.387 e. The fourth-order valence-corrected chi connectivity index (χ4v) is 1.50. The summed E-state index contributed by atoms with van der Waals surface area (Å²) < 4.78 is 28.3. The van der Waals surface area contributed by atoms with E-state index < -0.39 is 6.61 Å². The molecule has 0 aliphatic heterocycles. The van der Waals surface area contributed by atoms with Crippen molar-refractivity contribution in [3.63, 3.8) is 0 Å². The molecule has 0 heterocycles. The van der Waals surface area contributed by atoms with Gasteiger partial charge in [0.15, 0.2) is 0 Å². The first kappa shape index (κ1) is 15.2. The zero-order valence-electron chi connectivity index (χ0n) is 10.8. The molecule has 1 aromatic rings. The van der Waals surface area contributed by atoms with Gasteiger partial charge in [0.25, 0.3) is 0 Å². The Kier molecular flexibility index (Phi) is 6.63. The minimum atomic E-state index is -2.88. The van der Waals surface area contributed by atoms with Crippen LogP contribution >= 0.6 is 0 Å². The topological polar surface area (TPSA) is 50.4 Å². The van der Waals surface area contributed by atoms with Crippen molar-refractivity contribution >= 4 is 11.7 Å². The summed E-state index contributed by atoms with van der Waals surface area (Å²) in [6.45, 7) is -0.209. The van der Waals surface area contributed by atoms with E-state index in [1.807, 2.05) is 0 Å². The Labute approximate surface area is 111 Å². The molecule has 19 heavy (non-hydrogen) atoms. The van der Waals surface area contributed by atoms with Gasteiger partial charge in [0, 0.05) is 18.3 Å². The molecule has 0 unspecified atom stereocenters. The highest BCUT2D eigenvalue weighted by molar-refractivity contribution is 5.89. The number of urea groups is 1. The molecule has 0 fully saturated rings. The molecule has 0 aliphatic rings. The number of rotatable bonds is 7. The van der Waals surface area contributed by atoms with Crippen molar-refractivity contribution < 1.29 is 18.3 Å². The number of hydrogen-bond acceptors (Lipinski definition) is 2. The van der Waals surface area contributed by atoms with Crippen LogP contribution in [0.3, 0.4) is 0 Å². The van der Waals surface area contributed by atoms with E-state index in [9.17, 15) is 13.6 Å². The van der Waals surface area contributed by atoms with Gasteiger partial charge in [-0.05, 0) is 18.6 Å². The van der Waals surface area contributed by atoms with Gasteiger partial charge < -0.3 is 15.4 Å². The standard InChI is InChI=1S/C13H18F2N2O2/c1-2-3-4-8-16-13(18)17-10-6-5-7-11(9-10)19-12(14)15/h5-7,9,12H,2-4,8H2,1H3,(H2,16,17,18). The Hall–Kier alpha value is -1.85. The predicted molar refractivity (Wildman–Crippen MR) is 69.6 cm³/mol. The van der Waals surface area contributed by atoms with Crippen LogP contribution in [0.2, 0.25) is 0 Å². The number of unbranched alkanes of at least 4 members (excludes halogenated alkanes) is 2. The quantitative estimate of drug-likeness (QED) is 0.745. The highest BCUT2D eigenvalue weighted by Crippen LogP contribution is 2.19. The fourth-order valence-electron chi connectivity index (χ4n) is 1.50. The maximum atomic E-state index is 12.0. The predicted octanol–water partition coefficient (Wildman–Crippen LogP) is 3.60. The SMILES string of the molecule is CCCCCNC(=O)Nc1cccc(OC(F)F)c1. The van der Waals surface area contributed by atoms with E-state index in [4.69, 9.17) is 0 Å². The molecule has 2 N–H and O–H groups in total. The van der Waals surface area contributed by atoms with Crippen molar-refractivity contribution in [3.05, 3.63) is 24.3 Å². The number of alkyl halides is 2. The maximum absolute atomic E-state index is 12.0. The van der Waals surface area contributed by atoms with Crippen LogP contribution in [0.4, 0.5) is 19.3 Å². The van der Waals surface area contributed by atoms with Gasteiger partial charge in [-0.1, -0.05) is 25.8 Å². The Morgan fingerprint density at radius 1 is 1.37 bits per heavy atom. The Morgan fingerprint density at radius 3 is 2.84 bits per heavy atom. The first-order chi connectivity index (χ1) is 9.11. The zero-order chi connectivity index (χ0) is 14.1. The second kappa shape index (κ2) is 8.29. The van der Waals surface area contributed by atoms with E-state index >= 15 is 0 Å². The van der Waals surface area contributed by atoms with Crippen molar-refractivity contribution in [2.24, 2.45) is 0 Å². The zero-order valence-corrected chi connectivity index (χ0v) is 10.8. The van der Waals surface area contributed by atoms with E-state index in [1.165, 1.54) is 18.2 Å². The first-order valence-corrected chi connectivity index (χ1v) is 6.21. The number of hydrogen-bond donors (Lipinski definition) is 2. The van der Waals surface area contributed by atoms with E-state index in [0.29, 0.717) is 12.2 Å². The molecule has 0 saturated heterocycles. The molecule has 2 amide bonds. The summed E-state index contributed by atoms with van der Waals surface area (Å²) in [6, 6.07) is 5.52. The van der Waals surface area contributed by atoms with Gasteiger partial charge in [0.1, 0.15) is 5.75 Å². The summed E-state index contributed by atoms with van der Waals surface area (Å²) in [5, 5.41) is 5.24. The highest BCUT2D eigenvalue weighted by Gasteiger charge is 2.06. The van der Waals surface area contributed by atoms with Crippen LogP contribution in [0.15, 0.2) is 24.3 Å². The largest absolute Gasteiger partial charge is 0.435 e.